The van der Waals surface area contributed by atoms with Gasteiger partial charge in [-0.25, -0.2) is 0 Å². The molecule has 5 heteroatoms. The quantitative estimate of drug-likeness (QED) is 0.588. The van der Waals surface area contributed by atoms with Gasteiger partial charge in [-0.3, -0.25) is 4.79 Å². The number of hydrogen-bond acceptors (Lipinski definition) is 3. The lowest BCUT2D eigenvalue weighted by Gasteiger charge is -2.34. The van der Waals surface area contributed by atoms with E-state index in [1.807, 2.05) is 6.92 Å². The number of benzene rings is 1. The van der Waals surface area contributed by atoms with Gasteiger partial charge in [-0.2, -0.15) is 0 Å². The molecule has 1 rings (SSSR count). The number of amides is 1. The summed E-state index contributed by atoms with van der Waals surface area (Å²) >= 11 is 6.26. The molecule has 0 saturated heterocycles. The van der Waals surface area contributed by atoms with E-state index in [-0.39, 0.29) is 5.91 Å². The van der Waals surface area contributed by atoms with Crippen LogP contribution in [0.5, 0.6) is 5.75 Å². The van der Waals surface area contributed by atoms with Crippen LogP contribution < -0.4 is 10.1 Å². The van der Waals surface area contributed by atoms with Crippen LogP contribution in [0.25, 0.3) is 0 Å². The van der Waals surface area contributed by atoms with Gasteiger partial charge >= 0.3 is 0 Å². The zero-order chi connectivity index (χ0) is 19.0. The van der Waals surface area contributed by atoms with Crippen LogP contribution in [0.15, 0.2) is 18.2 Å². The lowest BCUT2D eigenvalue weighted by Crippen LogP contribution is -2.46. The van der Waals surface area contributed by atoms with Gasteiger partial charge in [0.2, 0.25) is 0 Å². The number of ether oxygens (including phenoxy) is 2. The van der Waals surface area contributed by atoms with Crippen LogP contribution in [-0.4, -0.2) is 25.2 Å². The zero-order valence-electron chi connectivity index (χ0n) is 16.3. The number of rotatable bonds is 10. The molecule has 0 aliphatic rings. The Hall–Kier alpha value is -1.26. The Labute approximate surface area is 157 Å². The molecule has 0 aliphatic heterocycles. The molecule has 0 saturated carbocycles. The lowest BCUT2D eigenvalue weighted by molar-refractivity contribution is -0.142. The van der Waals surface area contributed by atoms with Crippen LogP contribution >= 0.6 is 11.6 Å². The third-order valence-corrected chi connectivity index (χ3v) is 4.23. The molecule has 1 amide bonds. The van der Waals surface area contributed by atoms with Crippen molar-refractivity contribution in [2.45, 2.75) is 59.5 Å². The summed E-state index contributed by atoms with van der Waals surface area (Å²) in [5.41, 5.74) is -0.195. The van der Waals surface area contributed by atoms with Crippen molar-refractivity contribution < 1.29 is 14.3 Å². The van der Waals surface area contributed by atoms with E-state index < -0.39 is 5.60 Å². The van der Waals surface area contributed by atoms with Crippen molar-refractivity contribution in [2.24, 2.45) is 11.8 Å². The van der Waals surface area contributed by atoms with Crippen LogP contribution in [0.3, 0.4) is 0 Å². The second-order valence-corrected chi connectivity index (χ2v) is 7.75. The Morgan fingerprint density at radius 2 is 1.80 bits per heavy atom. The highest BCUT2D eigenvalue weighted by atomic mass is 35.5. The van der Waals surface area contributed by atoms with Crippen molar-refractivity contribution in [2.75, 3.05) is 19.0 Å². The third-order valence-electron chi connectivity index (χ3n) is 3.93. The number of carbonyl (C=O) groups excluding carboxylic acids is 1. The number of methoxy groups -OCH3 is 1. The molecule has 0 unspecified atom stereocenters. The van der Waals surface area contributed by atoms with Crippen molar-refractivity contribution in [3.05, 3.63) is 23.2 Å². The number of nitrogens with one attached hydrogen (secondary N) is 1. The molecule has 4 nitrogen and oxygen atoms in total. The summed E-state index contributed by atoms with van der Waals surface area (Å²) in [4.78, 5) is 13.0. The highest BCUT2D eigenvalue weighted by Gasteiger charge is 2.39. The minimum absolute atomic E-state index is 0.129. The Morgan fingerprint density at radius 3 is 2.24 bits per heavy atom. The first-order valence-electron chi connectivity index (χ1n) is 9.03. The van der Waals surface area contributed by atoms with E-state index in [2.05, 4.69) is 33.0 Å². The smallest absolute Gasteiger partial charge is 0.256 e. The number of hydrogen-bond donors (Lipinski definition) is 1. The van der Waals surface area contributed by atoms with E-state index in [4.69, 9.17) is 21.1 Å². The summed E-state index contributed by atoms with van der Waals surface area (Å²) < 4.78 is 11.3. The summed E-state index contributed by atoms with van der Waals surface area (Å²) in [5.74, 6) is 1.19. The van der Waals surface area contributed by atoms with Gasteiger partial charge < -0.3 is 14.8 Å². The Bertz CT molecular complexity index is 548. The summed E-state index contributed by atoms with van der Waals surface area (Å²) in [6, 6.07) is 5.31. The zero-order valence-corrected chi connectivity index (χ0v) is 17.1. The fraction of sp³-hybridized carbons (Fsp3) is 0.650. The average Bonchev–Trinajstić information content (AvgIpc) is 2.52. The van der Waals surface area contributed by atoms with Gasteiger partial charge in [0.1, 0.15) is 11.4 Å². The maximum atomic E-state index is 13.0. The molecular weight excluding hydrogens is 338 g/mol. The lowest BCUT2D eigenvalue weighted by atomic mass is 9.84. The van der Waals surface area contributed by atoms with Crippen LogP contribution in [-0.2, 0) is 9.53 Å². The fourth-order valence-electron chi connectivity index (χ4n) is 3.00. The molecule has 0 aromatic heterocycles. The first-order valence-corrected chi connectivity index (χ1v) is 9.40. The molecule has 1 aromatic carbocycles. The Kier molecular flexibility index (Phi) is 8.74. The van der Waals surface area contributed by atoms with Crippen molar-refractivity contribution in [1.29, 1.82) is 0 Å². The van der Waals surface area contributed by atoms with E-state index >= 15 is 0 Å². The van der Waals surface area contributed by atoms with E-state index in [1.165, 1.54) is 0 Å². The van der Waals surface area contributed by atoms with Crippen molar-refractivity contribution >= 4 is 23.2 Å². The van der Waals surface area contributed by atoms with Gasteiger partial charge in [-0.1, -0.05) is 46.2 Å². The minimum atomic E-state index is -0.841. The second-order valence-electron chi connectivity index (χ2n) is 7.34. The van der Waals surface area contributed by atoms with Gasteiger partial charge in [0, 0.05) is 12.8 Å². The van der Waals surface area contributed by atoms with Gasteiger partial charge in [-0.05, 0) is 49.3 Å². The minimum Gasteiger partial charge on any atom is -0.492 e. The van der Waals surface area contributed by atoms with E-state index in [9.17, 15) is 4.79 Å². The molecule has 0 heterocycles. The van der Waals surface area contributed by atoms with Crippen LogP contribution in [0.1, 0.15) is 53.9 Å². The van der Waals surface area contributed by atoms with Crippen LogP contribution in [0.4, 0.5) is 5.69 Å². The molecule has 25 heavy (non-hydrogen) atoms. The fourth-order valence-corrected chi connectivity index (χ4v) is 3.23. The summed E-state index contributed by atoms with van der Waals surface area (Å²) in [6.45, 7) is 11.0. The molecule has 0 bridgehead atoms. The molecule has 1 aromatic rings. The Balaban J connectivity index is 2.97. The SMILES string of the molecule is CCCOc1ccc(NC(=O)C(CC(C)C)(CC(C)C)OC)cc1Cl. The van der Waals surface area contributed by atoms with Gasteiger partial charge in [-0.15, -0.1) is 0 Å². The molecule has 0 fully saturated rings. The maximum absolute atomic E-state index is 13.0. The number of carbonyl (C=O) groups is 1. The highest BCUT2D eigenvalue weighted by Crippen LogP contribution is 2.32. The van der Waals surface area contributed by atoms with Crippen molar-refractivity contribution in [1.82, 2.24) is 0 Å². The van der Waals surface area contributed by atoms with Gasteiger partial charge in [0.25, 0.3) is 5.91 Å². The maximum Gasteiger partial charge on any atom is 0.256 e. The topological polar surface area (TPSA) is 47.6 Å². The summed E-state index contributed by atoms with van der Waals surface area (Å²) in [7, 11) is 1.61. The molecule has 0 spiro atoms. The molecule has 0 aliphatic carbocycles. The van der Waals surface area contributed by atoms with E-state index in [0.29, 0.717) is 47.7 Å². The largest absolute Gasteiger partial charge is 0.492 e. The predicted octanol–water partition coefficient (Wildman–Crippen LogP) is 5.54. The predicted molar refractivity (Wildman–Crippen MR) is 105 cm³/mol. The van der Waals surface area contributed by atoms with Gasteiger partial charge in [0.15, 0.2) is 0 Å². The first kappa shape index (κ1) is 21.8. The van der Waals surface area contributed by atoms with Crippen LogP contribution in [0, 0.1) is 11.8 Å². The summed E-state index contributed by atoms with van der Waals surface area (Å²) in [5, 5.41) is 3.45. The van der Waals surface area contributed by atoms with Crippen molar-refractivity contribution in [3.63, 3.8) is 0 Å². The number of anilines is 1. The second kappa shape index (κ2) is 10.0. The van der Waals surface area contributed by atoms with Crippen LogP contribution in [0.2, 0.25) is 5.02 Å². The third kappa shape index (κ3) is 6.52. The molecule has 0 radical (unpaired) electrons. The van der Waals surface area contributed by atoms with Gasteiger partial charge in [0.05, 0.1) is 11.6 Å². The molecule has 0 atom stereocenters. The highest BCUT2D eigenvalue weighted by molar-refractivity contribution is 6.32. The standard InChI is InChI=1S/C20H32ClNO3/c1-7-10-25-18-9-8-16(11-17(18)21)22-19(23)20(24-6,12-14(2)3)13-15(4)5/h8-9,11,14-15H,7,10,12-13H2,1-6H3,(H,22,23). The van der Waals surface area contributed by atoms with E-state index in [0.717, 1.165) is 6.42 Å². The van der Waals surface area contributed by atoms with Crippen molar-refractivity contribution in [3.8, 4) is 5.75 Å². The summed E-state index contributed by atoms with van der Waals surface area (Å²) in [6.07, 6.45) is 2.24. The average molecular weight is 370 g/mol. The van der Waals surface area contributed by atoms with E-state index in [1.54, 1.807) is 25.3 Å². The first-order chi connectivity index (χ1) is 11.7. The normalized spacial score (nSPS) is 11.9. The molecule has 142 valence electrons. The number of halogens is 1. The Morgan fingerprint density at radius 1 is 1.20 bits per heavy atom. The monoisotopic (exact) mass is 369 g/mol. The molecule has 1 N–H and O–H groups in total. The molecular formula is C20H32ClNO3.